The average molecular weight is 379 g/mol. The van der Waals surface area contributed by atoms with Gasteiger partial charge in [-0.15, -0.1) is 0 Å². The molecule has 0 aromatic carbocycles. The molecule has 2 aliphatic rings. The van der Waals surface area contributed by atoms with Gasteiger partial charge in [0.05, 0.1) is 18.3 Å². The summed E-state index contributed by atoms with van der Waals surface area (Å²) in [5.41, 5.74) is 0.172. The highest BCUT2D eigenvalue weighted by Gasteiger charge is 2.48. The number of carbonyl (C=O) groups is 3. The zero-order valence-corrected chi connectivity index (χ0v) is 17.8. The van der Waals surface area contributed by atoms with E-state index in [2.05, 4.69) is 6.92 Å². The van der Waals surface area contributed by atoms with Crippen molar-refractivity contribution < 1.29 is 23.9 Å². The van der Waals surface area contributed by atoms with E-state index in [1.54, 1.807) is 13.8 Å². The summed E-state index contributed by atoms with van der Waals surface area (Å²) in [6.45, 7) is 13.2. The molecule has 5 heteroatoms. The molecule has 0 saturated heterocycles. The molecule has 27 heavy (non-hydrogen) atoms. The van der Waals surface area contributed by atoms with Crippen LogP contribution in [0.4, 0.5) is 0 Å². The third kappa shape index (κ3) is 4.50. The topological polar surface area (TPSA) is 69.7 Å². The molecule has 3 unspecified atom stereocenters. The summed E-state index contributed by atoms with van der Waals surface area (Å²) in [5.74, 6) is -0.269. The second-order valence-corrected chi connectivity index (χ2v) is 9.23. The Hall–Kier alpha value is -1.49. The number of esters is 1. The zero-order valence-electron chi connectivity index (χ0n) is 17.8. The zero-order chi connectivity index (χ0) is 20.6. The Balaban J connectivity index is 2.40. The molecule has 2 rings (SSSR count). The first kappa shape index (κ1) is 21.8. The fraction of sp³-hybridized carbons (Fsp3) is 0.773. The molecular formula is C22H34O5. The van der Waals surface area contributed by atoms with Gasteiger partial charge in [0.1, 0.15) is 11.2 Å². The Bertz CT molecular complexity index is 654. The Labute approximate surface area is 162 Å². The summed E-state index contributed by atoms with van der Waals surface area (Å²) in [4.78, 5) is 37.6. The number of ether oxygens (including phenoxy) is 2. The second-order valence-electron chi connectivity index (χ2n) is 9.23. The Morgan fingerprint density at radius 1 is 1.19 bits per heavy atom. The van der Waals surface area contributed by atoms with Gasteiger partial charge in [0.2, 0.25) is 0 Å². The van der Waals surface area contributed by atoms with E-state index in [4.69, 9.17) is 9.47 Å². The van der Waals surface area contributed by atoms with Crippen molar-refractivity contribution >= 4 is 17.5 Å². The lowest BCUT2D eigenvalue weighted by molar-refractivity contribution is -0.158. The largest absolute Gasteiger partial charge is 0.465 e. The predicted molar refractivity (Wildman–Crippen MR) is 103 cm³/mol. The van der Waals surface area contributed by atoms with Gasteiger partial charge in [0.15, 0.2) is 5.78 Å². The maximum absolute atomic E-state index is 12.8. The van der Waals surface area contributed by atoms with Crippen LogP contribution in [0.15, 0.2) is 11.1 Å². The van der Waals surface area contributed by atoms with Gasteiger partial charge >= 0.3 is 5.97 Å². The van der Waals surface area contributed by atoms with Crippen molar-refractivity contribution in [3.05, 3.63) is 11.1 Å². The van der Waals surface area contributed by atoms with E-state index in [1.165, 1.54) is 6.92 Å². The smallest absolute Gasteiger partial charge is 0.319 e. The normalized spacial score (nSPS) is 28.0. The molecule has 0 heterocycles. The molecule has 0 spiro atoms. The highest BCUT2D eigenvalue weighted by Crippen LogP contribution is 2.48. The average Bonchev–Trinajstić information content (AvgIpc) is 2.84. The van der Waals surface area contributed by atoms with Gasteiger partial charge in [0.25, 0.3) is 0 Å². The van der Waals surface area contributed by atoms with Gasteiger partial charge in [0, 0.05) is 12.3 Å². The van der Waals surface area contributed by atoms with Crippen LogP contribution in [0, 0.1) is 17.3 Å². The molecule has 1 saturated carbocycles. The van der Waals surface area contributed by atoms with Crippen LogP contribution >= 0.6 is 0 Å². The summed E-state index contributed by atoms with van der Waals surface area (Å²) < 4.78 is 11.5. The van der Waals surface area contributed by atoms with Crippen LogP contribution in [0.1, 0.15) is 74.1 Å². The number of ketones is 2. The van der Waals surface area contributed by atoms with Crippen molar-refractivity contribution in [2.45, 2.75) is 85.9 Å². The first-order valence-electron chi connectivity index (χ1n) is 10.0. The molecule has 5 nitrogen and oxygen atoms in total. The first-order chi connectivity index (χ1) is 12.4. The first-order valence-corrected chi connectivity index (χ1v) is 10.0. The van der Waals surface area contributed by atoms with E-state index in [0.717, 1.165) is 18.4 Å². The Kier molecular flexibility index (Phi) is 6.35. The third-order valence-corrected chi connectivity index (χ3v) is 5.88. The van der Waals surface area contributed by atoms with E-state index in [1.807, 2.05) is 20.8 Å². The van der Waals surface area contributed by atoms with E-state index in [9.17, 15) is 14.4 Å². The number of allylic oxidation sites excluding steroid dienone is 1. The van der Waals surface area contributed by atoms with E-state index in [-0.39, 0.29) is 42.2 Å². The summed E-state index contributed by atoms with van der Waals surface area (Å²) >= 11 is 0. The summed E-state index contributed by atoms with van der Waals surface area (Å²) in [7, 11) is 0. The number of carbonyl (C=O) groups excluding carboxylic acids is 3. The van der Waals surface area contributed by atoms with Crippen LogP contribution in [-0.4, -0.2) is 35.8 Å². The van der Waals surface area contributed by atoms with Crippen molar-refractivity contribution in [1.29, 1.82) is 0 Å². The fourth-order valence-electron chi connectivity index (χ4n) is 4.31. The molecule has 152 valence electrons. The number of rotatable bonds is 6. The lowest BCUT2D eigenvalue weighted by atomic mass is 9.73. The minimum absolute atomic E-state index is 0.0571. The molecule has 4 atom stereocenters. The van der Waals surface area contributed by atoms with Gasteiger partial charge in [-0.2, -0.15) is 0 Å². The van der Waals surface area contributed by atoms with E-state index in [0.29, 0.717) is 17.9 Å². The molecule has 0 aliphatic heterocycles. The van der Waals surface area contributed by atoms with E-state index < -0.39 is 11.4 Å². The second kappa shape index (κ2) is 7.86. The monoisotopic (exact) mass is 378 g/mol. The van der Waals surface area contributed by atoms with Gasteiger partial charge in [-0.3, -0.25) is 14.4 Å². The molecule has 0 bridgehead atoms. The maximum Gasteiger partial charge on any atom is 0.319 e. The van der Waals surface area contributed by atoms with Gasteiger partial charge in [-0.05, 0) is 72.3 Å². The van der Waals surface area contributed by atoms with Crippen molar-refractivity contribution in [3.8, 4) is 0 Å². The van der Waals surface area contributed by atoms with Crippen LogP contribution in [0.3, 0.4) is 0 Å². The number of Topliss-reactive ketones (excluding diaryl/α,β-unsaturated/α-hetero) is 2. The van der Waals surface area contributed by atoms with Crippen molar-refractivity contribution in [3.63, 3.8) is 0 Å². The predicted octanol–water partition coefficient (Wildman–Crippen LogP) is 4.03. The highest BCUT2D eigenvalue weighted by atomic mass is 16.5. The molecule has 1 fully saturated rings. The summed E-state index contributed by atoms with van der Waals surface area (Å²) in [6, 6.07) is 0. The van der Waals surface area contributed by atoms with Crippen LogP contribution in [0.2, 0.25) is 0 Å². The molecule has 0 aromatic rings. The number of hydrogen-bond acceptors (Lipinski definition) is 5. The Morgan fingerprint density at radius 2 is 1.81 bits per heavy atom. The quantitative estimate of drug-likeness (QED) is 0.515. The molecular weight excluding hydrogens is 344 g/mol. The van der Waals surface area contributed by atoms with Crippen molar-refractivity contribution in [2.75, 3.05) is 6.61 Å². The highest BCUT2D eigenvalue weighted by molar-refractivity contribution is 6.05. The van der Waals surface area contributed by atoms with E-state index >= 15 is 0 Å². The molecule has 0 radical (unpaired) electrons. The molecule has 0 N–H and O–H groups in total. The van der Waals surface area contributed by atoms with Gasteiger partial charge in [-0.1, -0.05) is 12.5 Å². The molecule has 2 aliphatic carbocycles. The van der Waals surface area contributed by atoms with Crippen LogP contribution in [-0.2, 0) is 23.9 Å². The SMILES string of the molecule is CCOC(=O)C(C)(CC1=C2CC(C)[C@H](OC(C)(C)C)C2CCC1=O)C(C)=O. The van der Waals surface area contributed by atoms with Gasteiger partial charge < -0.3 is 9.47 Å². The van der Waals surface area contributed by atoms with Gasteiger partial charge in [-0.25, -0.2) is 0 Å². The summed E-state index contributed by atoms with van der Waals surface area (Å²) in [6.07, 6.45) is 2.19. The van der Waals surface area contributed by atoms with Crippen LogP contribution in [0.5, 0.6) is 0 Å². The lowest BCUT2D eigenvalue weighted by Gasteiger charge is -2.34. The van der Waals surface area contributed by atoms with Crippen LogP contribution in [0.25, 0.3) is 0 Å². The van der Waals surface area contributed by atoms with Crippen LogP contribution < -0.4 is 0 Å². The maximum atomic E-state index is 12.8. The minimum atomic E-state index is -1.32. The Morgan fingerprint density at radius 3 is 2.33 bits per heavy atom. The third-order valence-electron chi connectivity index (χ3n) is 5.88. The minimum Gasteiger partial charge on any atom is -0.465 e. The standard InChI is InChI=1S/C22H34O5/c1-8-26-20(25)22(7,14(3)23)12-17-16-11-13(2)19(27-21(4,5)6)15(16)9-10-18(17)24/h13,15,19H,8-12H2,1-7H3/t13?,15?,19-,22?/m0/s1. The molecule has 0 amide bonds. The fourth-order valence-corrected chi connectivity index (χ4v) is 4.31. The summed E-state index contributed by atoms with van der Waals surface area (Å²) in [5, 5.41) is 0. The van der Waals surface area contributed by atoms with Crippen molar-refractivity contribution in [2.24, 2.45) is 17.3 Å². The molecule has 0 aromatic heterocycles. The number of fused-ring (bicyclic) bond motifs is 1. The van der Waals surface area contributed by atoms with Crippen molar-refractivity contribution in [1.82, 2.24) is 0 Å². The number of hydrogen-bond donors (Lipinski definition) is 0. The lowest BCUT2D eigenvalue weighted by Crippen LogP contribution is -2.39.